The molecule has 0 saturated heterocycles. The van der Waals surface area contributed by atoms with Gasteiger partial charge in [0.1, 0.15) is 0 Å². The van der Waals surface area contributed by atoms with Crippen LogP contribution in [-0.2, 0) is 9.53 Å². The highest BCUT2D eigenvalue weighted by atomic mass is 19.4. The molecule has 2 nitrogen and oxygen atoms in total. The van der Waals surface area contributed by atoms with E-state index in [1.165, 1.54) is 13.2 Å². The number of ether oxygens (including phenoxy) is 1. The Hall–Kier alpha value is -1.00. The van der Waals surface area contributed by atoms with Gasteiger partial charge in [0.15, 0.2) is 0 Å². The van der Waals surface area contributed by atoms with Crippen molar-refractivity contribution in [3.8, 4) is 0 Å². The number of carbonyl (C=O) groups excluding carboxylic acids is 1. The van der Waals surface area contributed by atoms with Gasteiger partial charge in [-0.25, -0.2) is 0 Å². The molecule has 1 aliphatic rings. The minimum Gasteiger partial charge on any atom is -0.469 e. The maximum absolute atomic E-state index is 11.9. The predicted molar refractivity (Wildman–Crippen MR) is 71.1 cm³/mol. The van der Waals surface area contributed by atoms with Crippen molar-refractivity contribution < 1.29 is 22.7 Å². The van der Waals surface area contributed by atoms with Crippen molar-refractivity contribution in [1.29, 1.82) is 0 Å². The number of halogens is 3. The van der Waals surface area contributed by atoms with Crippen LogP contribution >= 0.6 is 0 Å². The first-order chi connectivity index (χ1) is 9.42. The van der Waals surface area contributed by atoms with E-state index in [1.54, 1.807) is 6.08 Å². The molecule has 0 N–H and O–H groups in total. The molecule has 0 aliphatic heterocycles. The lowest BCUT2D eigenvalue weighted by Crippen LogP contribution is -2.22. The number of esters is 1. The standard InChI is InChI=1S/C15H23F3O2/c1-20-14(19)13-9-7-12(8-10-13)6-4-2-3-5-11-15(16,17)18/h3,5,12-13H,2,4,6-11H2,1H3/b5-3+. The Morgan fingerprint density at radius 1 is 1.20 bits per heavy atom. The molecule has 1 aliphatic carbocycles. The number of carbonyl (C=O) groups is 1. The van der Waals surface area contributed by atoms with Crippen LogP contribution in [0.3, 0.4) is 0 Å². The first-order valence-corrected chi connectivity index (χ1v) is 7.22. The van der Waals surface area contributed by atoms with Gasteiger partial charge in [-0.2, -0.15) is 13.2 Å². The first-order valence-electron chi connectivity index (χ1n) is 7.22. The van der Waals surface area contributed by atoms with Crippen LogP contribution in [0.15, 0.2) is 12.2 Å². The highest BCUT2D eigenvalue weighted by Crippen LogP contribution is 2.32. The second-order valence-corrected chi connectivity index (χ2v) is 5.46. The van der Waals surface area contributed by atoms with Crippen molar-refractivity contribution >= 4 is 5.97 Å². The number of methoxy groups -OCH3 is 1. The van der Waals surface area contributed by atoms with Crippen molar-refractivity contribution in [2.24, 2.45) is 11.8 Å². The molecule has 0 aromatic rings. The molecular formula is C15H23F3O2. The fourth-order valence-corrected chi connectivity index (χ4v) is 2.71. The van der Waals surface area contributed by atoms with E-state index in [0.29, 0.717) is 12.3 Å². The van der Waals surface area contributed by atoms with Crippen molar-refractivity contribution in [3.63, 3.8) is 0 Å². The van der Waals surface area contributed by atoms with Crippen molar-refractivity contribution in [2.45, 2.75) is 57.5 Å². The molecule has 116 valence electrons. The number of unbranched alkanes of at least 4 members (excludes halogenated alkanes) is 1. The van der Waals surface area contributed by atoms with Crippen LogP contribution in [0.4, 0.5) is 13.2 Å². The average molecular weight is 292 g/mol. The lowest BCUT2D eigenvalue weighted by Gasteiger charge is -2.26. The lowest BCUT2D eigenvalue weighted by atomic mass is 9.80. The van der Waals surface area contributed by atoms with Gasteiger partial charge in [-0.05, 0) is 44.4 Å². The van der Waals surface area contributed by atoms with E-state index in [9.17, 15) is 18.0 Å². The largest absolute Gasteiger partial charge is 0.469 e. The quantitative estimate of drug-likeness (QED) is 0.405. The summed E-state index contributed by atoms with van der Waals surface area (Å²) in [6.45, 7) is 0. The van der Waals surface area contributed by atoms with Crippen LogP contribution in [0.1, 0.15) is 51.4 Å². The molecule has 1 fully saturated rings. The number of alkyl halides is 3. The van der Waals surface area contributed by atoms with Gasteiger partial charge in [0.25, 0.3) is 0 Å². The minimum atomic E-state index is -4.09. The maximum Gasteiger partial charge on any atom is 0.392 e. The van der Waals surface area contributed by atoms with Gasteiger partial charge >= 0.3 is 12.1 Å². The van der Waals surface area contributed by atoms with Gasteiger partial charge < -0.3 is 4.74 Å². The predicted octanol–water partition coefficient (Wildman–Crippen LogP) is 4.64. The third-order valence-electron chi connectivity index (χ3n) is 3.88. The lowest BCUT2D eigenvalue weighted by molar-refractivity contribution is -0.146. The summed E-state index contributed by atoms with van der Waals surface area (Å²) in [7, 11) is 1.42. The first kappa shape index (κ1) is 17.1. The molecule has 0 aromatic carbocycles. The highest BCUT2D eigenvalue weighted by molar-refractivity contribution is 5.72. The molecule has 0 atom stereocenters. The summed E-state index contributed by atoms with van der Waals surface area (Å²) in [4.78, 5) is 11.4. The molecule has 0 heterocycles. The minimum absolute atomic E-state index is 0.0444. The molecule has 0 unspecified atom stereocenters. The van der Waals surface area contributed by atoms with Crippen molar-refractivity contribution in [2.75, 3.05) is 7.11 Å². The number of allylic oxidation sites excluding steroid dienone is 2. The van der Waals surface area contributed by atoms with Gasteiger partial charge in [0.05, 0.1) is 19.4 Å². The van der Waals surface area contributed by atoms with Gasteiger partial charge in [0.2, 0.25) is 0 Å². The molecule has 0 radical (unpaired) electrons. The van der Waals surface area contributed by atoms with Gasteiger partial charge in [-0.15, -0.1) is 0 Å². The zero-order valence-electron chi connectivity index (χ0n) is 11.9. The van der Waals surface area contributed by atoms with Crippen LogP contribution in [0, 0.1) is 11.8 Å². The molecule has 0 aromatic heterocycles. The van der Waals surface area contributed by atoms with E-state index in [-0.39, 0.29) is 11.9 Å². The molecular weight excluding hydrogens is 269 g/mol. The maximum atomic E-state index is 11.9. The Bertz CT molecular complexity index is 316. The summed E-state index contributed by atoms with van der Waals surface area (Å²) < 4.78 is 40.4. The Labute approximate surface area is 118 Å². The third kappa shape index (κ3) is 6.96. The molecule has 0 spiro atoms. The summed E-state index contributed by atoms with van der Waals surface area (Å²) in [6.07, 6.45) is 4.33. The molecule has 5 heteroatoms. The zero-order valence-corrected chi connectivity index (χ0v) is 11.9. The van der Waals surface area contributed by atoms with E-state index in [1.807, 2.05) is 0 Å². The molecule has 20 heavy (non-hydrogen) atoms. The van der Waals surface area contributed by atoms with Gasteiger partial charge in [-0.3, -0.25) is 4.79 Å². The normalized spacial score (nSPS) is 24.0. The van der Waals surface area contributed by atoms with Crippen molar-refractivity contribution in [3.05, 3.63) is 12.2 Å². The highest BCUT2D eigenvalue weighted by Gasteiger charge is 2.26. The van der Waals surface area contributed by atoms with E-state index in [4.69, 9.17) is 4.74 Å². The van der Waals surface area contributed by atoms with E-state index < -0.39 is 12.6 Å². The molecule has 0 amide bonds. The van der Waals surface area contributed by atoms with Crippen LogP contribution in [0.2, 0.25) is 0 Å². The zero-order chi connectivity index (χ0) is 15.0. The summed E-state index contributed by atoms with van der Waals surface area (Å²) in [5.74, 6) is 0.536. The second kappa shape index (κ2) is 8.32. The second-order valence-electron chi connectivity index (χ2n) is 5.46. The average Bonchev–Trinajstić information content (AvgIpc) is 2.41. The topological polar surface area (TPSA) is 26.3 Å². The van der Waals surface area contributed by atoms with Crippen LogP contribution in [0.25, 0.3) is 0 Å². The number of rotatable bonds is 6. The van der Waals surface area contributed by atoms with E-state index >= 15 is 0 Å². The molecule has 1 saturated carbocycles. The summed E-state index contributed by atoms with van der Waals surface area (Å²) in [5, 5.41) is 0. The Morgan fingerprint density at radius 3 is 2.40 bits per heavy atom. The van der Waals surface area contributed by atoms with E-state index in [0.717, 1.165) is 38.5 Å². The van der Waals surface area contributed by atoms with Gasteiger partial charge in [0, 0.05) is 0 Å². The van der Waals surface area contributed by atoms with E-state index in [2.05, 4.69) is 0 Å². The fraction of sp³-hybridized carbons (Fsp3) is 0.800. The SMILES string of the molecule is COC(=O)C1CCC(CCC/C=C/CC(F)(F)F)CC1. The van der Waals surface area contributed by atoms with Gasteiger partial charge in [-0.1, -0.05) is 18.6 Å². The monoisotopic (exact) mass is 292 g/mol. The summed E-state index contributed by atoms with van der Waals surface area (Å²) >= 11 is 0. The summed E-state index contributed by atoms with van der Waals surface area (Å²) in [6, 6.07) is 0. The van der Waals surface area contributed by atoms with Crippen LogP contribution < -0.4 is 0 Å². The number of hydrogen-bond donors (Lipinski definition) is 0. The molecule has 0 bridgehead atoms. The Morgan fingerprint density at radius 2 is 1.85 bits per heavy atom. The fourth-order valence-electron chi connectivity index (χ4n) is 2.71. The van der Waals surface area contributed by atoms with Crippen molar-refractivity contribution in [1.82, 2.24) is 0 Å². The third-order valence-corrected chi connectivity index (χ3v) is 3.88. The smallest absolute Gasteiger partial charge is 0.392 e. The summed E-state index contributed by atoms with van der Waals surface area (Å²) in [5.41, 5.74) is 0. The van der Waals surface area contributed by atoms with Crippen LogP contribution in [0.5, 0.6) is 0 Å². The van der Waals surface area contributed by atoms with Crippen LogP contribution in [-0.4, -0.2) is 19.3 Å². The molecule has 1 rings (SSSR count). The Kier molecular flexibility index (Phi) is 7.10. The Balaban J connectivity index is 2.09. The number of hydrogen-bond acceptors (Lipinski definition) is 2.